The summed E-state index contributed by atoms with van der Waals surface area (Å²) in [5.74, 6) is 0.647. The van der Waals surface area contributed by atoms with Crippen molar-refractivity contribution in [3.8, 4) is 5.88 Å². The van der Waals surface area contributed by atoms with Crippen molar-refractivity contribution in [2.45, 2.75) is 37.8 Å². The second-order valence-corrected chi connectivity index (χ2v) is 6.90. The normalized spacial score (nSPS) is 25.5. The molecule has 1 aromatic heterocycles. The van der Waals surface area contributed by atoms with Gasteiger partial charge < -0.3 is 14.4 Å². The first-order chi connectivity index (χ1) is 11.8. The first-order valence-corrected chi connectivity index (χ1v) is 9.03. The molecule has 3 heterocycles. The van der Waals surface area contributed by atoms with Crippen molar-refractivity contribution >= 4 is 5.91 Å². The van der Waals surface area contributed by atoms with Crippen LogP contribution in [-0.2, 0) is 4.74 Å². The van der Waals surface area contributed by atoms with Gasteiger partial charge in [0, 0.05) is 50.9 Å². The van der Waals surface area contributed by atoms with Crippen LogP contribution >= 0.6 is 0 Å². The van der Waals surface area contributed by atoms with Crippen LogP contribution in [0.1, 0.15) is 36.0 Å². The van der Waals surface area contributed by atoms with E-state index in [0.717, 1.165) is 51.7 Å². The van der Waals surface area contributed by atoms with Gasteiger partial charge in [-0.1, -0.05) is 0 Å². The third kappa shape index (κ3) is 3.70. The van der Waals surface area contributed by atoms with Gasteiger partial charge in [-0.25, -0.2) is 4.98 Å². The molecule has 2 aliphatic heterocycles. The number of hydrogen-bond donors (Lipinski definition) is 0. The molecule has 1 saturated carbocycles. The Kier molecular flexibility index (Phi) is 4.67. The van der Waals surface area contributed by atoms with E-state index in [2.05, 4.69) is 9.88 Å². The number of pyridine rings is 1. The van der Waals surface area contributed by atoms with Crippen LogP contribution in [0, 0.1) is 0 Å². The molecule has 6 nitrogen and oxygen atoms in total. The van der Waals surface area contributed by atoms with Crippen molar-refractivity contribution < 1.29 is 14.3 Å². The number of aromatic nitrogens is 1. The fourth-order valence-electron chi connectivity index (χ4n) is 3.48. The van der Waals surface area contributed by atoms with Crippen molar-refractivity contribution in [1.82, 2.24) is 14.8 Å². The smallest absolute Gasteiger partial charge is 0.255 e. The summed E-state index contributed by atoms with van der Waals surface area (Å²) in [6.45, 7) is 5.12. The molecule has 6 heteroatoms. The highest BCUT2D eigenvalue weighted by atomic mass is 16.5. The fourth-order valence-corrected chi connectivity index (χ4v) is 3.48. The van der Waals surface area contributed by atoms with Gasteiger partial charge in [-0.2, -0.15) is 0 Å². The quantitative estimate of drug-likeness (QED) is 0.838. The second kappa shape index (κ2) is 7.07. The van der Waals surface area contributed by atoms with E-state index in [4.69, 9.17) is 9.47 Å². The van der Waals surface area contributed by atoms with Gasteiger partial charge >= 0.3 is 0 Å². The van der Waals surface area contributed by atoms with Crippen molar-refractivity contribution in [2.75, 3.05) is 39.4 Å². The van der Waals surface area contributed by atoms with Gasteiger partial charge in [0.05, 0.1) is 18.8 Å². The second-order valence-electron chi connectivity index (χ2n) is 6.90. The van der Waals surface area contributed by atoms with Crippen molar-refractivity contribution in [2.24, 2.45) is 0 Å². The van der Waals surface area contributed by atoms with Gasteiger partial charge in [-0.15, -0.1) is 0 Å². The average Bonchev–Trinajstić information content (AvgIpc) is 3.37. The Bertz CT molecular complexity index is 567. The number of carbonyl (C=O) groups excluding carboxylic acids is 1. The molecule has 0 spiro atoms. The zero-order chi connectivity index (χ0) is 16.4. The summed E-state index contributed by atoms with van der Waals surface area (Å²) in [4.78, 5) is 21.5. The van der Waals surface area contributed by atoms with E-state index >= 15 is 0 Å². The SMILES string of the molecule is O=C(c1ccc(OC2CCOC2)nc1)N1CCCN(C2CC2)CC1. The lowest BCUT2D eigenvalue weighted by Gasteiger charge is -2.22. The largest absolute Gasteiger partial charge is 0.472 e. The summed E-state index contributed by atoms with van der Waals surface area (Å²) in [6, 6.07) is 4.39. The maximum absolute atomic E-state index is 12.7. The van der Waals surface area contributed by atoms with Gasteiger partial charge in [-0.3, -0.25) is 9.69 Å². The Morgan fingerprint density at radius 1 is 1.17 bits per heavy atom. The number of carbonyl (C=O) groups is 1. The topological polar surface area (TPSA) is 54.9 Å². The zero-order valence-corrected chi connectivity index (χ0v) is 14.0. The van der Waals surface area contributed by atoms with Crippen molar-refractivity contribution in [1.29, 1.82) is 0 Å². The molecule has 3 aliphatic rings. The minimum Gasteiger partial charge on any atom is -0.472 e. The molecule has 1 aromatic rings. The van der Waals surface area contributed by atoms with Crippen LogP contribution < -0.4 is 4.74 Å². The van der Waals surface area contributed by atoms with Crippen LogP contribution in [0.3, 0.4) is 0 Å². The average molecular weight is 331 g/mol. The Morgan fingerprint density at radius 2 is 2.08 bits per heavy atom. The molecule has 1 aliphatic carbocycles. The summed E-state index contributed by atoms with van der Waals surface area (Å²) in [5, 5.41) is 0. The predicted molar refractivity (Wildman–Crippen MR) is 89.2 cm³/mol. The van der Waals surface area contributed by atoms with Crippen LogP contribution in [0.4, 0.5) is 0 Å². The minimum atomic E-state index is 0.0795. The van der Waals surface area contributed by atoms with Crippen LogP contribution in [-0.4, -0.2) is 72.2 Å². The summed E-state index contributed by atoms with van der Waals surface area (Å²) in [6.07, 6.45) is 6.32. The van der Waals surface area contributed by atoms with Crippen LogP contribution in [0.5, 0.6) is 5.88 Å². The molecule has 130 valence electrons. The summed E-state index contributed by atoms with van der Waals surface area (Å²) < 4.78 is 11.0. The highest BCUT2D eigenvalue weighted by Gasteiger charge is 2.31. The van der Waals surface area contributed by atoms with Crippen molar-refractivity contribution in [3.63, 3.8) is 0 Å². The third-order valence-electron chi connectivity index (χ3n) is 5.04. The van der Waals surface area contributed by atoms with Gasteiger partial charge in [-0.05, 0) is 25.3 Å². The van der Waals surface area contributed by atoms with E-state index in [0.29, 0.717) is 18.1 Å². The summed E-state index contributed by atoms with van der Waals surface area (Å²) in [7, 11) is 0. The molecule has 1 unspecified atom stereocenters. The van der Waals surface area contributed by atoms with Gasteiger partial charge in [0.1, 0.15) is 6.10 Å². The molecule has 0 bridgehead atoms. The number of rotatable bonds is 4. The third-order valence-corrected chi connectivity index (χ3v) is 5.04. The molecule has 2 saturated heterocycles. The Morgan fingerprint density at radius 3 is 2.79 bits per heavy atom. The van der Waals surface area contributed by atoms with Gasteiger partial charge in [0.15, 0.2) is 0 Å². The monoisotopic (exact) mass is 331 g/mol. The van der Waals surface area contributed by atoms with E-state index in [1.807, 2.05) is 11.0 Å². The van der Waals surface area contributed by atoms with E-state index < -0.39 is 0 Å². The molecular formula is C18H25N3O3. The summed E-state index contributed by atoms with van der Waals surface area (Å²) in [5.41, 5.74) is 0.643. The first-order valence-electron chi connectivity index (χ1n) is 9.03. The highest BCUT2D eigenvalue weighted by molar-refractivity contribution is 5.94. The molecule has 0 N–H and O–H groups in total. The van der Waals surface area contributed by atoms with Crippen LogP contribution in [0.2, 0.25) is 0 Å². The number of ether oxygens (including phenoxy) is 2. The van der Waals surface area contributed by atoms with Crippen LogP contribution in [0.15, 0.2) is 18.3 Å². The molecule has 24 heavy (non-hydrogen) atoms. The van der Waals surface area contributed by atoms with E-state index in [1.165, 1.54) is 12.8 Å². The predicted octanol–water partition coefficient (Wildman–Crippen LogP) is 1.56. The molecule has 0 aromatic carbocycles. The molecule has 3 fully saturated rings. The zero-order valence-electron chi connectivity index (χ0n) is 14.0. The maximum atomic E-state index is 12.7. The molecular weight excluding hydrogens is 306 g/mol. The van der Waals surface area contributed by atoms with E-state index in [9.17, 15) is 4.79 Å². The highest BCUT2D eigenvalue weighted by Crippen LogP contribution is 2.27. The van der Waals surface area contributed by atoms with E-state index in [-0.39, 0.29) is 12.0 Å². The number of hydrogen-bond acceptors (Lipinski definition) is 5. The minimum absolute atomic E-state index is 0.0795. The lowest BCUT2D eigenvalue weighted by Crippen LogP contribution is -2.35. The number of nitrogens with zero attached hydrogens (tertiary/aromatic N) is 3. The lowest BCUT2D eigenvalue weighted by atomic mass is 10.2. The Labute approximate surface area is 142 Å². The molecule has 4 rings (SSSR count). The molecule has 0 radical (unpaired) electrons. The number of amides is 1. The van der Waals surface area contributed by atoms with Gasteiger partial charge in [0.2, 0.25) is 5.88 Å². The maximum Gasteiger partial charge on any atom is 0.255 e. The van der Waals surface area contributed by atoms with Gasteiger partial charge in [0.25, 0.3) is 5.91 Å². The van der Waals surface area contributed by atoms with Crippen LogP contribution in [0.25, 0.3) is 0 Å². The molecule has 1 amide bonds. The van der Waals surface area contributed by atoms with E-state index in [1.54, 1.807) is 12.3 Å². The van der Waals surface area contributed by atoms with Crippen molar-refractivity contribution in [3.05, 3.63) is 23.9 Å². The summed E-state index contributed by atoms with van der Waals surface area (Å²) >= 11 is 0. The molecule has 1 atom stereocenters. The Hall–Kier alpha value is -1.66. The lowest BCUT2D eigenvalue weighted by molar-refractivity contribution is 0.0760. The fraction of sp³-hybridized carbons (Fsp3) is 0.667. The first kappa shape index (κ1) is 15.8. The standard InChI is InChI=1S/C18H25N3O3/c22-18(21-8-1-7-20(9-10-21)15-3-4-15)14-2-5-17(19-12-14)24-16-6-11-23-13-16/h2,5,12,15-16H,1,3-4,6-11,13H2. The Balaban J connectivity index is 1.34.